The molecule has 1 N–H and O–H groups in total. The van der Waals surface area contributed by atoms with Crippen molar-refractivity contribution in [2.45, 2.75) is 51.3 Å². The van der Waals surface area contributed by atoms with Crippen LogP contribution in [0.3, 0.4) is 0 Å². The largest absolute Gasteiger partial charge is 0.324 e. The van der Waals surface area contributed by atoms with Crippen LogP contribution in [0.1, 0.15) is 46.0 Å². The Morgan fingerprint density at radius 1 is 1.39 bits per heavy atom. The smallest absolute Gasteiger partial charge is 0.324 e. The lowest BCUT2D eigenvalue weighted by molar-refractivity contribution is -0.119. The summed E-state index contributed by atoms with van der Waals surface area (Å²) < 4.78 is 0. The summed E-state index contributed by atoms with van der Waals surface area (Å²) in [4.78, 5) is 25.0. The van der Waals surface area contributed by atoms with Crippen molar-refractivity contribution in [1.82, 2.24) is 10.2 Å². The number of nitrogens with one attached hydrogen (secondary N) is 1. The molecule has 18 heavy (non-hydrogen) atoms. The van der Waals surface area contributed by atoms with E-state index in [2.05, 4.69) is 12.2 Å². The Bertz CT molecular complexity index is 295. The van der Waals surface area contributed by atoms with Gasteiger partial charge in [0.25, 0.3) is 0 Å². The van der Waals surface area contributed by atoms with Crippen molar-refractivity contribution >= 4 is 23.5 Å². The number of carbonyl (C=O) groups is 2. The minimum Gasteiger partial charge on any atom is -0.324 e. The second-order valence-corrected chi connectivity index (χ2v) is 5.64. The molecule has 0 saturated carbocycles. The van der Waals surface area contributed by atoms with Crippen molar-refractivity contribution in [1.29, 1.82) is 0 Å². The number of alkyl halides is 1. The Labute approximate surface area is 114 Å². The number of rotatable bonds is 3. The van der Waals surface area contributed by atoms with Crippen LogP contribution in [0.2, 0.25) is 0 Å². The highest BCUT2D eigenvalue weighted by atomic mass is 35.5. The van der Waals surface area contributed by atoms with Gasteiger partial charge in [-0.15, -0.1) is 11.6 Å². The van der Waals surface area contributed by atoms with Gasteiger partial charge in [0.05, 0.1) is 0 Å². The molecule has 104 valence electrons. The Balaban J connectivity index is 2.42. The summed E-state index contributed by atoms with van der Waals surface area (Å²) in [5, 5.41) is 1.67. The molecule has 0 aliphatic carbocycles. The molecule has 3 amide bonds. The number of imide groups is 1. The summed E-state index contributed by atoms with van der Waals surface area (Å²) in [5.74, 6) is 0.298. The topological polar surface area (TPSA) is 49.4 Å². The molecule has 1 rings (SSSR count). The quantitative estimate of drug-likeness (QED) is 0.805. The van der Waals surface area contributed by atoms with E-state index in [1.165, 1.54) is 19.3 Å². The molecule has 1 fully saturated rings. The lowest BCUT2D eigenvalue weighted by Gasteiger charge is -2.21. The number of hydrogen-bond donors (Lipinski definition) is 1. The Kier molecular flexibility index (Phi) is 6.47. The molecule has 5 heteroatoms. The third kappa shape index (κ3) is 4.84. The third-order valence-electron chi connectivity index (χ3n) is 3.42. The highest BCUT2D eigenvalue weighted by Crippen LogP contribution is 2.21. The lowest BCUT2D eigenvalue weighted by Crippen LogP contribution is -2.45. The molecule has 0 aromatic heterocycles. The van der Waals surface area contributed by atoms with Crippen LogP contribution in [0.25, 0.3) is 0 Å². The molecular weight excluding hydrogens is 252 g/mol. The van der Waals surface area contributed by atoms with Gasteiger partial charge in [-0.05, 0) is 32.1 Å². The summed E-state index contributed by atoms with van der Waals surface area (Å²) in [6, 6.07) is -0.301. The molecule has 1 aliphatic heterocycles. The van der Waals surface area contributed by atoms with Crippen LogP contribution in [0, 0.1) is 5.92 Å². The highest BCUT2D eigenvalue weighted by Gasteiger charge is 2.22. The van der Waals surface area contributed by atoms with Crippen LogP contribution in [0.4, 0.5) is 4.79 Å². The zero-order valence-electron chi connectivity index (χ0n) is 11.2. The maximum atomic E-state index is 11.9. The normalized spacial score (nSPS) is 22.2. The van der Waals surface area contributed by atoms with E-state index in [4.69, 9.17) is 11.6 Å². The summed E-state index contributed by atoms with van der Waals surface area (Å²) in [5.41, 5.74) is 0. The van der Waals surface area contributed by atoms with Gasteiger partial charge in [0.2, 0.25) is 5.91 Å². The second kappa shape index (κ2) is 7.62. The average molecular weight is 275 g/mol. The first-order chi connectivity index (χ1) is 8.54. The molecular formula is C13H23ClN2O2. The van der Waals surface area contributed by atoms with E-state index < -0.39 is 11.3 Å². The second-order valence-electron chi connectivity index (χ2n) is 4.98. The monoisotopic (exact) mass is 274 g/mol. The third-order valence-corrected chi connectivity index (χ3v) is 3.62. The number of carbonyl (C=O) groups excluding carboxylic acids is 2. The fraction of sp³-hybridized carbons (Fsp3) is 0.846. The number of urea groups is 1. The van der Waals surface area contributed by atoms with E-state index in [0.29, 0.717) is 0 Å². The van der Waals surface area contributed by atoms with E-state index >= 15 is 0 Å². The van der Waals surface area contributed by atoms with E-state index in [1.54, 1.807) is 11.8 Å². The maximum Gasteiger partial charge on any atom is 0.324 e. The van der Waals surface area contributed by atoms with E-state index in [-0.39, 0.29) is 6.03 Å². The van der Waals surface area contributed by atoms with E-state index in [0.717, 1.165) is 31.8 Å². The summed E-state index contributed by atoms with van der Waals surface area (Å²) in [6.45, 7) is 5.22. The fourth-order valence-corrected chi connectivity index (χ4v) is 2.40. The molecule has 4 nitrogen and oxygen atoms in total. The van der Waals surface area contributed by atoms with Gasteiger partial charge in [0.1, 0.15) is 5.38 Å². The zero-order chi connectivity index (χ0) is 13.5. The van der Waals surface area contributed by atoms with Crippen molar-refractivity contribution in [3.63, 3.8) is 0 Å². The van der Waals surface area contributed by atoms with E-state index in [9.17, 15) is 9.59 Å². The van der Waals surface area contributed by atoms with Gasteiger partial charge in [-0.3, -0.25) is 10.1 Å². The number of amides is 3. The molecule has 0 aromatic rings. The lowest BCUT2D eigenvalue weighted by atomic mass is 9.96. The predicted molar refractivity (Wildman–Crippen MR) is 72.7 cm³/mol. The first-order valence-corrected chi connectivity index (χ1v) is 7.22. The van der Waals surface area contributed by atoms with Crippen LogP contribution in [0.5, 0.6) is 0 Å². The number of halogens is 1. The highest BCUT2D eigenvalue weighted by molar-refractivity contribution is 6.31. The number of likely N-dealkylation sites (tertiary alicyclic amines) is 1. The first-order valence-electron chi connectivity index (χ1n) is 6.78. The van der Waals surface area contributed by atoms with Crippen LogP contribution < -0.4 is 5.32 Å². The minimum absolute atomic E-state index is 0.301. The van der Waals surface area contributed by atoms with Crippen LogP contribution in [-0.2, 0) is 4.79 Å². The Morgan fingerprint density at radius 3 is 2.72 bits per heavy atom. The van der Waals surface area contributed by atoms with Crippen LogP contribution >= 0.6 is 11.6 Å². The summed E-state index contributed by atoms with van der Waals surface area (Å²) in [7, 11) is 0. The summed E-state index contributed by atoms with van der Waals surface area (Å²) >= 11 is 5.63. The van der Waals surface area contributed by atoms with Crippen molar-refractivity contribution in [2.24, 2.45) is 5.92 Å². The van der Waals surface area contributed by atoms with Gasteiger partial charge < -0.3 is 4.90 Å². The number of nitrogens with zero attached hydrogens (tertiary/aromatic N) is 1. The molecule has 0 bridgehead atoms. The molecule has 1 heterocycles. The molecule has 0 spiro atoms. The molecule has 0 radical (unpaired) electrons. The standard InChI is InChI=1S/C13H23ClN2O2/c1-3-5-11-6-4-8-16(9-7-11)13(18)15-12(17)10(2)14/h10-11H,3-9H2,1-2H3,(H,15,17,18). The predicted octanol–water partition coefficient (Wildman–Crippen LogP) is 2.75. The average Bonchev–Trinajstić information content (AvgIpc) is 2.55. The van der Waals surface area contributed by atoms with Gasteiger partial charge in [-0.25, -0.2) is 4.79 Å². The van der Waals surface area contributed by atoms with Gasteiger partial charge in [-0.1, -0.05) is 19.8 Å². The molecule has 1 aliphatic rings. The Morgan fingerprint density at radius 2 is 2.11 bits per heavy atom. The molecule has 2 atom stereocenters. The van der Waals surface area contributed by atoms with E-state index in [1.807, 2.05) is 0 Å². The van der Waals surface area contributed by atoms with Gasteiger partial charge >= 0.3 is 6.03 Å². The van der Waals surface area contributed by atoms with Crippen LogP contribution in [-0.4, -0.2) is 35.3 Å². The minimum atomic E-state index is -0.672. The first kappa shape index (κ1) is 15.3. The number of hydrogen-bond acceptors (Lipinski definition) is 2. The Hall–Kier alpha value is -0.770. The van der Waals surface area contributed by atoms with Crippen molar-refractivity contribution < 1.29 is 9.59 Å². The van der Waals surface area contributed by atoms with Crippen molar-refractivity contribution in [3.8, 4) is 0 Å². The zero-order valence-corrected chi connectivity index (χ0v) is 12.0. The van der Waals surface area contributed by atoms with Crippen LogP contribution in [0.15, 0.2) is 0 Å². The summed E-state index contributed by atoms with van der Waals surface area (Å²) in [6.07, 6.45) is 5.65. The maximum absolute atomic E-state index is 11.9. The van der Waals surface area contributed by atoms with Gasteiger partial charge in [0.15, 0.2) is 0 Å². The van der Waals surface area contributed by atoms with Gasteiger partial charge in [-0.2, -0.15) is 0 Å². The molecule has 1 saturated heterocycles. The molecule has 0 aromatic carbocycles. The van der Waals surface area contributed by atoms with Crippen molar-refractivity contribution in [2.75, 3.05) is 13.1 Å². The fourth-order valence-electron chi connectivity index (χ4n) is 2.35. The van der Waals surface area contributed by atoms with Crippen molar-refractivity contribution in [3.05, 3.63) is 0 Å². The van der Waals surface area contributed by atoms with Gasteiger partial charge in [0, 0.05) is 13.1 Å². The SMILES string of the molecule is CCCC1CCCN(C(=O)NC(=O)C(C)Cl)CC1. The molecule has 2 unspecified atom stereocenters.